The molecule has 24 heavy (non-hydrogen) atoms. The van der Waals surface area contributed by atoms with Gasteiger partial charge in [0.1, 0.15) is 6.29 Å². The molecule has 4 aromatic rings. The van der Waals surface area contributed by atoms with Gasteiger partial charge in [0.15, 0.2) is 0 Å². The highest BCUT2D eigenvalue weighted by atomic mass is 16.1. The number of fused-ring (bicyclic) bond motifs is 2. The maximum atomic E-state index is 10.7. The van der Waals surface area contributed by atoms with E-state index in [2.05, 4.69) is 38.1 Å². The first-order chi connectivity index (χ1) is 11.9. The van der Waals surface area contributed by atoms with Crippen LogP contribution in [0.1, 0.15) is 5.56 Å². The molecular formula is C19H16N4O. The summed E-state index contributed by atoms with van der Waals surface area (Å²) in [7, 11) is 0. The number of carbonyl (C=O) groups is 1. The average molecular weight is 316 g/mol. The molecule has 0 unspecified atom stereocenters. The highest BCUT2D eigenvalue weighted by Gasteiger charge is 2.12. The number of nitrogens with one attached hydrogen (secondary N) is 1. The van der Waals surface area contributed by atoms with Gasteiger partial charge in [-0.25, -0.2) is 4.98 Å². The van der Waals surface area contributed by atoms with Crippen molar-refractivity contribution in [1.29, 1.82) is 0 Å². The minimum absolute atomic E-state index is 0.233. The molecule has 0 aliphatic heterocycles. The van der Waals surface area contributed by atoms with Gasteiger partial charge in [0, 0.05) is 11.6 Å². The summed E-state index contributed by atoms with van der Waals surface area (Å²) in [6, 6.07) is 18.1. The van der Waals surface area contributed by atoms with Gasteiger partial charge in [0.25, 0.3) is 0 Å². The Balaban J connectivity index is 1.84. The molecule has 0 aliphatic carbocycles. The van der Waals surface area contributed by atoms with Crippen LogP contribution < -0.4 is 5.32 Å². The normalized spacial score (nSPS) is 11.0. The number of para-hydroxylation sites is 3. The molecule has 4 rings (SSSR count). The quantitative estimate of drug-likeness (QED) is 0.574. The summed E-state index contributed by atoms with van der Waals surface area (Å²) in [6.45, 7) is 0.868. The Bertz CT molecular complexity index is 1020. The van der Waals surface area contributed by atoms with Gasteiger partial charge in [0.05, 0.1) is 29.6 Å². The third-order valence-corrected chi connectivity index (χ3v) is 4.04. The molecule has 0 aliphatic rings. The van der Waals surface area contributed by atoms with E-state index in [9.17, 15) is 4.79 Å². The van der Waals surface area contributed by atoms with Gasteiger partial charge < -0.3 is 14.7 Å². The number of carbonyl (C=O) groups excluding carboxylic acids is 1. The van der Waals surface area contributed by atoms with Crippen molar-refractivity contribution in [3.63, 3.8) is 0 Å². The van der Waals surface area contributed by atoms with Crippen molar-refractivity contribution in [2.45, 2.75) is 6.54 Å². The van der Waals surface area contributed by atoms with Crippen LogP contribution in [0.2, 0.25) is 0 Å². The number of hydrogen-bond acceptors (Lipinski definition) is 4. The SMILES string of the molecule is O=CCNc1nc2ccccc2n1Cc1cccc2cccnc12. The molecule has 0 amide bonds. The van der Waals surface area contributed by atoms with Crippen LogP contribution in [0.25, 0.3) is 21.9 Å². The fourth-order valence-electron chi connectivity index (χ4n) is 2.97. The van der Waals surface area contributed by atoms with Gasteiger partial charge in [-0.2, -0.15) is 0 Å². The smallest absolute Gasteiger partial charge is 0.204 e. The predicted octanol–water partition coefficient (Wildman–Crippen LogP) is 3.24. The van der Waals surface area contributed by atoms with Crippen LogP contribution >= 0.6 is 0 Å². The third-order valence-electron chi connectivity index (χ3n) is 4.04. The number of nitrogens with zero attached hydrogens (tertiary/aromatic N) is 3. The van der Waals surface area contributed by atoms with Crippen LogP contribution in [0, 0.1) is 0 Å². The molecule has 0 radical (unpaired) electrons. The largest absolute Gasteiger partial charge is 0.349 e. The van der Waals surface area contributed by atoms with Crippen molar-refractivity contribution in [2.75, 3.05) is 11.9 Å². The van der Waals surface area contributed by atoms with E-state index in [1.54, 1.807) is 0 Å². The number of hydrogen-bond donors (Lipinski definition) is 1. The minimum atomic E-state index is 0.233. The van der Waals surface area contributed by atoms with Gasteiger partial charge in [-0.15, -0.1) is 0 Å². The number of benzene rings is 2. The van der Waals surface area contributed by atoms with E-state index in [0.29, 0.717) is 12.5 Å². The molecule has 2 heterocycles. The second kappa shape index (κ2) is 6.12. The van der Waals surface area contributed by atoms with Crippen LogP contribution in [0.15, 0.2) is 60.8 Å². The van der Waals surface area contributed by atoms with Gasteiger partial charge in [-0.1, -0.05) is 36.4 Å². The number of imidazole rings is 1. The first-order valence-corrected chi connectivity index (χ1v) is 7.82. The molecule has 118 valence electrons. The van der Waals surface area contributed by atoms with Crippen LogP contribution in [0.3, 0.4) is 0 Å². The zero-order chi connectivity index (χ0) is 16.4. The summed E-state index contributed by atoms with van der Waals surface area (Å²) < 4.78 is 2.09. The molecule has 0 bridgehead atoms. The molecule has 0 saturated heterocycles. The standard InChI is InChI=1S/C19H16N4O/c24-12-11-21-19-22-16-8-1-2-9-17(16)23(19)13-15-6-3-5-14-7-4-10-20-18(14)15/h1-10,12H,11,13H2,(H,21,22). The first kappa shape index (κ1) is 14.4. The Morgan fingerprint density at radius 1 is 1.04 bits per heavy atom. The number of aldehydes is 1. The summed E-state index contributed by atoms with van der Waals surface area (Å²) >= 11 is 0. The highest BCUT2D eigenvalue weighted by molar-refractivity contribution is 5.83. The molecular weight excluding hydrogens is 300 g/mol. The zero-order valence-electron chi connectivity index (χ0n) is 13.0. The average Bonchev–Trinajstić information content (AvgIpc) is 2.98. The molecule has 5 nitrogen and oxygen atoms in total. The lowest BCUT2D eigenvalue weighted by atomic mass is 10.1. The van der Waals surface area contributed by atoms with Crippen molar-refractivity contribution < 1.29 is 4.79 Å². The van der Waals surface area contributed by atoms with Crippen molar-refractivity contribution in [1.82, 2.24) is 14.5 Å². The summed E-state index contributed by atoms with van der Waals surface area (Å²) in [6.07, 6.45) is 2.65. The van der Waals surface area contributed by atoms with E-state index >= 15 is 0 Å². The third kappa shape index (κ3) is 2.50. The zero-order valence-corrected chi connectivity index (χ0v) is 13.0. The topological polar surface area (TPSA) is 59.8 Å². The number of pyridine rings is 1. The number of rotatable bonds is 5. The van der Waals surface area contributed by atoms with Crippen molar-refractivity contribution >= 4 is 34.2 Å². The van der Waals surface area contributed by atoms with Crippen LogP contribution in [0.5, 0.6) is 0 Å². The molecule has 5 heteroatoms. The van der Waals surface area contributed by atoms with E-state index in [4.69, 9.17) is 0 Å². The summed E-state index contributed by atoms with van der Waals surface area (Å²) in [5, 5.41) is 4.20. The van der Waals surface area contributed by atoms with Crippen LogP contribution in [-0.4, -0.2) is 27.4 Å². The molecule has 0 spiro atoms. The van der Waals surface area contributed by atoms with E-state index in [1.807, 2.05) is 42.6 Å². The monoisotopic (exact) mass is 316 g/mol. The molecule has 1 N–H and O–H groups in total. The van der Waals surface area contributed by atoms with Crippen molar-refractivity contribution in [2.24, 2.45) is 0 Å². The van der Waals surface area contributed by atoms with Crippen LogP contribution in [-0.2, 0) is 11.3 Å². The van der Waals surface area contributed by atoms with Gasteiger partial charge in [-0.05, 0) is 23.8 Å². The molecule has 0 fully saturated rings. The van der Waals surface area contributed by atoms with Crippen LogP contribution in [0.4, 0.5) is 5.95 Å². The second-order valence-electron chi connectivity index (χ2n) is 5.55. The minimum Gasteiger partial charge on any atom is -0.349 e. The van der Waals surface area contributed by atoms with E-state index in [1.165, 1.54) is 0 Å². The molecule has 2 aromatic carbocycles. The Hall–Kier alpha value is -3.21. The van der Waals surface area contributed by atoms with Gasteiger partial charge in [0.2, 0.25) is 5.95 Å². The lowest BCUT2D eigenvalue weighted by Crippen LogP contribution is -2.10. The second-order valence-corrected chi connectivity index (χ2v) is 5.55. The Morgan fingerprint density at radius 2 is 1.92 bits per heavy atom. The Labute approximate surface area is 139 Å². The summed E-state index contributed by atoms with van der Waals surface area (Å²) in [5.41, 5.74) is 4.03. The van der Waals surface area contributed by atoms with E-state index in [0.717, 1.165) is 33.8 Å². The molecule has 0 saturated carbocycles. The summed E-state index contributed by atoms with van der Waals surface area (Å²) in [5.74, 6) is 0.691. The predicted molar refractivity (Wildman–Crippen MR) is 95.1 cm³/mol. The van der Waals surface area contributed by atoms with Crippen molar-refractivity contribution in [3.05, 3.63) is 66.4 Å². The lowest BCUT2D eigenvalue weighted by molar-refractivity contribution is -0.106. The maximum Gasteiger partial charge on any atom is 0.204 e. The van der Waals surface area contributed by atoms with E-state index < -0.39 is 0 Å². The van der Waals surface area contributed by atoms with Crippen molar-refractivity contribution in [3.8, 4) is 0 Å². The lowest BCUT2D eigenvalue weighted by Gasteiger charge is -2.11. The number of anilines is 1. The van der Waals surface area contributed by atoms with Gasteiger partial charge in [-0.3, -0.25) is 4.98 Å². The first-order valence-electron chi connectivity index (χ1n) is 7.82. The maximum absolute atomic E-state index is 10.7. The Kier molecular flexibility index (Phi) is 3.67. The van der Waals surface area contributed by atoms with E-state index in [-0.39, 0.29) is 6.54 Å². The molecule has 0 atom stereocenters. The highest BCUT2D eigenvalue weighted by Crippen LogP contribution is 2.23. The fraction of sp³-hybridized carbons (Fsp3) is 0.105. The fourth-order valence-corrected chi connectivity index (χ4v) is 2.97. The van der Waals surface area contributed by atoms with Gasteiger partial charge >= 0.3 is 0 Å². The number of aromatic nitrogens is 3. The molecule has 2 aromatic heterocycles. The Morgan fingerprint density at radius 3 is 2.83 bits per heavy atom. The summed E-state index contributed by atoms with van der Waals surface area (Å²) in [4.78, 5) is 19.9.